The summed E-state index contributed by atoms with van der Waals surface area (Å²) in [4.78, 5) is 12.2. The Morgan fingerprint density at radius 3 is 2.30 bits per heavy atom. The van der Waals surface area contributed by atoms with Crippen molar-refractivity contribution in [1.29, 1.82) is 0 Å². The second kappa shape index (κ2) is 8.34. The number of anilines is 1. The van der Waals surface area contributed by atoms with Gasteiger partial charge in [0.2, 0.25) is 0 Å². The fraction of sp³-hybridized carbons (Fsp3) is 0.316. The largest absolute Gasteiger partial charge is 0.494 e. The number of hydrogen-bond acceptors (Lipinski definition) is 3. The molecule has 0 saturated carbocycles. The van der Waals surface area contributed by atoms with Gasteiger partial charge in [-0.05, 0) is 54.3 Å². The van der Waals surface area contributed by atoms with E-state index in [9.17, 15) is 4.79 Å². The van der Waals surface area contributed by atoms with Gasteiger partial charge in [-0.15, -0.1) is 0 Å². The van der Waals surface area contributed by atoms with Gasteiger partial charge in [0.05, 0.1) is 6.61 Å². The minimum absolute atomic E-state index is 0.137. The van der Waals surface area contributed by atoms with Crippen molar-refractivity contribution in [3.8, 4) is 5.75 Å². The second-order valence-corrected chi connectivity index (χ2v) is 5.91. The van der Waals surface area contributed by atoms with E-state index in [1.807, 2.05) is 36.4 Å². The molecule has 0 bridgehead atoms. The van der Waals surface area contributed by atoms with Crippen LogP contribution in [0.3, 0.4) is 0 Å². The Kier molecular flexibility index (Phi) is 6.18. The van der Waals surface area contributed by atoms with E-state index in [1.54, 1.807) is 12.1 Å². The standard InChI is InChI=1S/C19H24N2O2/c1-14(2)11-12-23-18-9-7-17(8-10-18)21-19(22)16-5-3-15(13-20)4-6-16/h3-10,14H,11-13,20H2,1-2H3,(H,21,22). The van der Waals surface area contributed by atoms with Crippen molar-refractivity contribution in [3.05, 3.63) is 59.7 Å². The van der Waals surface area contributed by atoms with Crippen molar-refractivity contribution >= 4 is 11.6 Å². The summed E-state index contributed by atoms with van der Waals surface area (Å²) in [6.07, 6.45) is 1.03. The lowest BCUT2D eigenvalue weighted by Gasteiger charge is -2.09. The molecule has 2 aromatic carbocycles. The van der Waals surface area contributed by atoms with Crippen LogP contribution in [0.2, 0.25) is 0 Å². The third-order valence-corrected chi connectivity index (χ3v) is 3.53. The number of carbonyl (C=O) groups excluding carboxylic acids is 1. The molecule has 3 N–H and O–H groups in total. The highest BCUT2D eigenvalue weighted by Crippen LogP contribution is 2.17. The van der Waals surface area contributed by atoms with Crippen LogP contribution in [0.5, 0.6) is 5.75 Å². The van der Waals surface area contributed by atoms with Gasteiger partial charge in [0.1, 0.15) is 5.75 Å². The molecule has 0 fully saturated rings. The Morgan fingerprint density at radius 2 is 1.74 bits per heavy atom. The Bertz CT molecular complexity index is 619. The lowest BCUT2D eigenvalue weighted by molar-refractivity contribution is 0.102. The van der Waals surface area contributed by atoms with Gasteiger partial charge in [0.25, 0.3) is 5.91 Å². The highest BCUT2D eigenvalue weighted by molar-refractivity contribution is 6.04. The first kappa shape index (κ1) is 17.0. The molecule has 4 nitrogen and oxygen atoms in total. The summed E-state index contributed by atoms with van der Waals surface area (Å²) < 4.78 is 5.66. The highest BCUT2D eigenvalue weighted by atomic mass is 16.5. The average molecular weight is 312 g/mol. The Hall–Kier alpha value is -2.33. The summed E-state index contributed by atoms with van der Waals surface area (Å²) in [5.41, 5.74) is 7.91. The molecule has 4 heteroatoms. The van der Waals surface area contributed by atoms with Crippen LogP contribution in [0.15, 0.2) is 48.5 Å². The predicted octanol–water partition coefficient (Wildman–Crippen LogP) is 3.82. The molecule has 2 aromatic rings. The maximum atomic E-state index is 12.2. The molecule has 0 radical (unpaired) electrons. The molecule has 0 heterocycles. The molecule has 0 aromatic heterocycles. The van der Waals surface area contributed by atoms with Crippen LogP contribution in [-0.2, 0) is 6.54 Å². The van der Waals surface area contributed by atoms with Crippen molar-refractivity contribution in [3.63, 3.8) is 0 Å². The molecule has 23 heavy (non-hydrogen) atoms. The van der Waals surface area contributed by atoms with Gasteiger partial charge >= 0.3 is 0 Å². The monoisotopic (exact) mass is 312 g/mol. The molecule has 2 rings (SSSR count). The van der Waals surface area contributed by atoms with Crippen molar-refractivity contribution < 1.29 is 9.53 Å². The maximum absolute atomic E-state index is 12.2. The zero-order valence-corrected chi connectivity index (χ0v) is 13.7. The van der Waals surface area contributed by atoms with Crippen molar-refractivity contribution in [1.82, 2.24) is 0 Å². The van der Waals surface area contributed by atoms with Gasteiger partial charge in [-0.3, -0.25) is 4.79 Å². The van der Waals surface area contributed by atoms with Crippen molar-refractivity contribution in [2.24, 2.45) is 11.7 Å². The number of carbonyl (C=O) groups is 1. The lowest BCUT2D eigenvalue weighted by atomic mass is 10.1. The van der Waals surface area contributed by atoms with E-state index in [4.69, 9.17) is 10.5 Å². The molecule has 1 amide bonds. The number of rotatable bonds is 7. The first-order valence-corrected chi connectivity index (χ1v) is 7.91. The van der Waals surface area contributed by atoms with Crippen LogP contribution in [0.25, 0.3) is 0 Å². The minimum Gasteiger partial charge on any atom is -0.494 e. The van der Waals surface area contributed by atoms with E-state index in [0.717, 1.165) is 23.4 Å². The summed E-state index contributed by atoms with van der Waals surface area (Å²) in [6, 6.07) is 14.7. The topological polar surface area (TPSA) is 64.3 Å². The smallest absolute Gasteiger partial charge is 0.255 e. The highest BCUT2D eigenvalue weighted by Gasteiger charge is 2.06. The van der Waals surface area contributed by atoms with Crippen molar-refractivity contribution in [2.45, 2.75) is 26.8 Å². The number of nitrogens with two attached hydrogens (primary N) is 1. The summed E-state index contributed by atoms with van der Waals surface area (Å²) in [5, 5.41) is 2.87. The number of nitrogens with one attached hydrogen (secondary N) is 1. The molecule has 122 valence electrons. The minimum atomic E-state index is -0.137. The second-order valence-electron chi connectivity index (χ2n) is 5.91. The van der Waals surface area contributed by atoms with Gasteiger partial charge in [0.15, 0.2) is 0 Å². The molecule has 0 aliphatic rings. The molecule has 0 saturated heterocycles. The number of amides is 1. The van der Waals surface area contributed by atoms with Crippen LogP contribution in [-0.4, -0.2) is 12.5 Å². The van der Waals surface area contributed by atoms with Crippen LogP contribution in [0, 0.1) is 5.92 Å². The normalized spacial score (nSPS) is 10.6. The quantitative estimate of drug-likeness (QED) is 0.817. The fourth-order valence-electron chi connectivity index (χ4n) is 2.04. The van der Waals surface area contributed by atoms with E-state index in [2.05, 4.69) is 19.2 Å². The number of benzene rings is 2. The zero-order chi connectivity index (χ0) is 16.7. The molecule has 0 aliphatic heterocycles. The van der Waals surface area contributed by atoms with Gasteiger partial charge < -0.3 is 15.8 Å². The van der Waals surface area contributed by atoms with Crippen LogP contribution >= 0.6 is 0 Å². The molecule has 0 atom stereocenters. The van der Waals surface area contributed by atoms with Gasteiger partial charge in [-0.1, -0.05) is 26.0 Å². The first-order valence-electron chi connectivity index (χ1n) is 7.91. The van der Waals surface area contributed by atoms with Crippen LogP contribution < -0.4 is 15.8 Å². The molecule has 0 unspecified atom stereocenters. The van der Waals surface area contributed by atoms with Crippen molar-refractivity contribution in [2.75, 3.05) is 11.9 Å². The molecule has 0 aliphatic carbocycles. The maximum Gasteiger partial charge on any atom is 0.255 e. The summed E-state index contributed by atoms with van der Waals surface area (Å²) in [7, 11) is 0. The van der Waals surface area contributed by atoms with E-state index >= 15 is 0 Å². The third-order valence-electron chi connectivity index (χ3n) is 3.53. The van der Waals surface area contributed by atoms with E-state index in [-0.39, 0.29) is 5.91 Å². The molecular weight excluding hydrogens is 288 g/mol. The SMILES string of the molecule is CC(C)CCOc1ccc(NC(=O)c2ccc(CN)cc2)cc1. The number of ether oxygens (including phenoxy) is 1. The Labute approximate surface area is 137 Å². The summed E-state index contributed by atoms with van der Waals surface area (Å²) >= 11 is 0. The Morgan fingerprint density at radius 1 is 1.09 bits per heavy atom. The average Bonchev–Trinajstić information content (AvgIpc) is 2.56. The third kappa shape index (κ3) is 5.42. The van der Waals surface area contributed by atoms with Gasteiger partial charge in [-0.2, -0.15) is 0 Å². The van der Waals surface area contributed by atoms with Gasteiger partial charge in [0, 0.05) is 17.8 Å². The fourth-order valence-corrected chi connectivity index (χ4v) is 2.04. The summed E-state index contributed by atoms with van der Waals surface area (Å²) in [5.74, 6) is 1.30. The predicted molar refractivity (Wildman–Crippen MR) is 93.7 cm³/mol. The Balaban J connectivity index is 1.90. The van der Waals surface area contributed by atoms with Gasteiger partial charge in [-0.25, -0.2) is 0 Å². The van der Waals surface area contributed by atoms with Crippen LogP contribution in [0.1, 0.15) is 36.2 Å². The first-order chi connectivity index (χ1) is 11.1. The molecule has 0 spiro atoms. The number of hydrogen-bond donors (Lipinski definition) is 2. The van der Waals surface area contributed by atoms with E-state index in [0.29, 0.717) is 24.6 Å². The van der Waals surface area contributed by atoms with E-state index in [1.165, 1.54) is 0 Å². The summed E-state index contributed by atoms with van der Waals surface area (Å²) in [6.45, 7) is 5.52. The molecular formula is C19H24N2O2. The zero-order valence-electron chi connectivity index (χ0n) is 13.7. The van der Waals surface area contributed by atoms with Crippen LogP contribution in [0.4, 0.5) is 5.69 Å². The lowest BCUT2D eigenvalue weighted by Crippen LogP contribution is -2.12. The van der Waals surface area contributed by atoms with E-state index < -0.39 is 0 Å².